The molecule has 1 aliphatic heterocycles. The Hall–Kier alpha value is -3.26. The van der Waals surface area contributed by atoms with E-state index in [4.69, 9.17) is 4.74 Å². The van der Waals surface area contributed by atoms with Gasteiger partial charge >= 0.3 is 0 Å². The number of carbonyl (C=O) groups excluding carboxylic acids is 3. The number of hydrogen-bond donors (Lipinski definition) is 2. The quantitative estimate of drug-likeness (QED) is 0.599. The van der Waals surface area contributed by atoms with Crippen molar-refractivity contribution in [3.8, 4) is 0 Å². The number of ether oxygens (including phenoxy) is 1. The third kappa shape index (κ3) is 6.61. The number of nitrogens with one attached hydrogen (secondary N) is 2. The van der Waals surface area contributed by atoms with Crippen LogP contribution in [0.3, 0.4) is 0 Å². The van der Waals surface area contributed by atoms with E-state index in [0.29, 0.717) is 44.6 Å². The van der Waals surface area contributed by atoms with Gasteiger partial charge in [-0.2, -0.15) is 0 Å². The number of nitrogens with zero attached hydrogens (tertiary/aromatic N) is 1. The Morgan fingerprint density at radius 2 is 1.64 bits per heavy atom. The normalized spacial score (nSPS) is 15.1. The van der Waals surface area contributed by atoms with Crippen LogP contribution >= 0.6 is 0 Å². The zero-order valence-corrected chi connectivity index (χ0v) is 19.0. The summed E-state index contributed by atoms with van der Waals surface area (Å²) < 4.78 is 18.2. The maximum atomic E-state index is 13.2. The molecule has 2 aromatic carbocycles. The van der Waals surface area contributed by atoms with Crippen molar-refractivity contribution in [3.05, 3.63) is 71.0 Å². The molecule has 0 aliphatic carbocycles. The third-order valence-corrected chi connectivity index (χ3v) is 5.88. The van der Waals surface area contributed by atoms with Gasteiger partial charge in [0.15, 0.2) is 0 Å². The molecule has 0 bridgehead atoms. The molecule has 0 aromatic heterocycles. The number of likely N-dealkylation sites (tertiary alicyclic amines) is 1. The van der Waals surface area contributed by atoms with Gasteiger partial charge in [0.25, 0.3) is 11.8 Å². The van der Waals surface area contributed by atoms with Gasteiger partial charge in [0.1, 0.15) is 11.9 Å². The predicted molar refractivity (Wildman–Crippen MR) is 122 cm³/mol. The number of carbonyl (C=O) groups is 3. The van der Waals surface area contributed by atoms with E-state index in [-0.39, 0.29) is 23.3 Å². The van der Waals surface area contributed by atoms with Crippen molar-refractivity contribution < 1.29 is 23.5 Å². The van der Waals surface area contributed by atoms with Gasteiger partial charge in [-0.3, -0.25) is 14.4 Å². The van der Waals surface area contributed by atoms with Crippen LogP contribution in [0.15, 0.2) is 48.5 Å². The molecule has 3 rings (SSSR count). The van der Waals surface area contributed by atoms with Gasteiger partial charge in [-0.1, -0.05) is 17.7 Å². The van der Waals surface area contributed by atoms with Crippen LogP contribution in [0.2, 0.25) is 0 Å². The Kier molecular flexibility index (Phi) is 8.54. The lowest BCUT2D eigenvalue weighted by Gasteiger charge is -2.36. The van der Waals surface area contributed by atoms with Crippen molar-refractivity contribution in [1.29, 1.82) is 0 Å². The Labute approximate surface area is 193 Å². The second kappa shape index (κ2) is 11.6. The second-order valence-corrected chi connectivity index (χ2v) is 8.24. The monoisotopic (exact) mass is 455 g/mol. The number of hydrogen-bond acceptors (Lipinski definition) is 4. The van der Waals surface area contributed by atoms with E-state index in [9.17, 15) is 18.8 Å². The summed E-state index contributed by atoms with van der Waals surface area (Å²) in [5, 5.41) is 5.61. The molecule has 3 amide bonds. The van der Waals surface area contributed by atoms with Crippen molar-refractivity contribution >= 4 is 17.7 Å². The van der Waals surface area contributed by atoms with Crippen molar-refractivity contribution in [2.24, 2.45) is 5.92 Å². The van der Waals surface area contributed by atoms with E-state index in [0.717, 1.165) is 5.56 Å². The van der Waals surface area contributed by atoms with Gasteiger partial charge in [0, 0.05) is 37.9 Å². The first-order valence-electron chi connectivity index (χ1n) is 11.1. The first kappa shape index (κ1) is 24.4. The van der Waals surface area contributed by atoms with E-state index in [2.05, 4.69) is 10.6 Å². The number of piperidine rings is 1. The van der Waals surface area contributed by atoms with Crippen LogP contribution in [0, 0.1) is 18.7 Å². The van der Waals surface area contributed by atoms with Crippen LogP contribution in [0.25, 0.3) is 0 Å². The van der Waals surface area contributed by atoms with Crippen molar-refractivity contribution in [1.82, 2.24) is 15.5 Å². The van der Waals surface area contributed by atoms with Crippen LogP contribution < -0.4 is 10.6 Å². The molecule has 0 unspecified atom stereocenters. The zero-order valence-electron chi connectivity index (χ0n) is 19.0. The lowest BCUT2D eigenvalue weighted by atomic mass is 9.88. The molecule has 0 saturated carbocycles. The lowest BCUT2D eigenvalue weighted by Crippen LogP contribution is -2.54. The maximum Gasteiger partial charge on any atom is 0.253 e. The number of methoxy groups -OCH3 is 1. The van der Waals surface area contributed by atoms with Gasteiger partial charge < -0.3 is 20.3 Å². The van der Waals surface area contributed by atoms with E-state index in [1.807, 2.05) is 31.2 Å². The first-order chi connectivity index (χ1) is 15.9. The van der Waals surface area contributed by atoms with Gasteiger partial charge in [-0.25, -0.2) is 4.39 Å². The van der Waals surface area contributed by atoms with E-state index < -0.39 is 17.8 Å². The van der Waals surface area contributed by atoms with E-state index in [1.165, 1.54) is 24.3 Å². The Balaban J connectivity index is 1.66. The summed E-state index contributed by atoms with van der Waals surface area (Å²) in [6.07, 6.45) is 1.15. The van der Waals surface area contributed by atoms with Crippen molar-refractivity contribution in [2.45, 2.75) is 25.8 Å². The van der Waals surface area contributed by atoms with Crippen molar-refractivity contribution in [3.63, 3.8) is 0 Å². The highest BCUT2D eigenvalue weighted by molar-refractivity contribution is 5.97. The van der Waals surface area contributed by atoms with Crippen LogP contribution in [-0.4, -0.2) is 62.0 Å². The first-order valence-corrected chi connectivity index (χ1v) is 11.1. The lowest BCUT2D eigenvalue weighted by molar-refractivity contribution is -0.124. The maximum absolute atomic E-state index is 13.2. The fourth-order valence-electron chi connectivity index (χ4n) is 3.92. The zero-order chi connectivity index (χ0) is 23.8. The predicted octanol–water partition coefficient (Wildman–Crippen LogP) is 2.55. The molecule has 33 heavy (non-hydrogen) atoms. The standard InChI is InChI=1S/C25H30FN3O4/c1-17-3-5-20(6-4-17)25(32)29-14-11-18(12-15-29)22(24(31)27-13-16-33-2)28-23(30)19-7-9-21(26)10-8-19/h3-10,18,22H,11-16H2,1-2H3,(H,27,31)(H,28,30)/t22-/m0/s1. The molecule has 8 heteroatoms. The molecule has 1 atom stereocenters. The average Bonchev–Trinajstić information content (AvgIpc) is 2.83. The minimum atomic E-state index is -0.768. The summed E-state index contributed by atoms with van der Waals surface area (Å²) >= 11 is 0. The fourth-order valence-corrected chi connectivity index (χ4v) is 3.92. The van der Waals surface area contributed by atoms with Gasteiger partial charge in [-0.15, -0.1) is 0 Å². The minimum Gasteiger partial charge on any atom is -0.383 e. The Bertz CT molecular complexity index is 955. The molecular formula is C25H30FN3O4. The molecule has 176 valence electrons. The summed E-state index contributed by atoms with van der Waals surface area (Å²) in [5.74, 6) is -1.36. The van der Waals surface area contributed by atoms with Crippen LogP contribution in [0.5, 0.6) is 0 Å². The molecule has 1 aliphatic rings. The smallest absolute Gasteiger partial charge is 0.253 e. The summed E-state index contributed by atoms with van der Waals surface area (Å²) in [7, 11) is 1.54. The third-order valence-electron chi connectivity index (χ3n) is 5.88. The molecule has 0 radical (unpaired) electrons. The van der Waals surface area contributed by atoms with Gasteiger partial charge in [0.2, 0.25) is 5.91 Å². The summed E-state index contributed by atoms with van der Waals surface area (Å²) in [6.45, 7) is 3.63. The molecular weight excluding hydrogens is 425 g/mol. The second-order valence-electron chi connectivity index (χ2n) is 8.24. The fraction of sp³-hybridized carbons (Fsp3) is 0.400. The Morgan fingerprint density at radius 1 is 1.03 bits per heavy atom. The molecule has 2 N–H and O–H groups in total. The largest absolute Gasteiger partial charge is 0.383 e. The highest BCUT2D eigenvalue weighted by Crippen LogP contribution is 2.23. The van der Waals surface area contributed by atoms with Crippen LogP contribution in [0.4, 0.5) is 4.39 Å². The molecule has 1 fully saturated rings. The molecule has 1 heterocycles. The number of halogens is 1. The van der Waals surface area contributed by atoms with Crippen molar-refractivity contribution in [2.75, 3.05) is 33.4 Å². The average molecular weight is 456 g/mol. The van der Waals surface area contributed by atoms with Crippen LogP contribution in [-0.2, 0) is 9.53 Å². The highest BCUT2D eigenvalue weighted by Gasteiger charge is 2.34. The van der Waals surface area contributed by atoms with Gasteiger partial charge in [0.05, 0.1) is 6.61 Å². The highest BCUT2D eigenvalue weighted by atomic mass is 19.1. The Morgan fingerprint density at radius 3 is 2.24 bits per heavy atom. The minimum absolute atomic E-state index is 0.0371. The summed E-state index contributed by atoms with van der Waals surface area (Å²) in [4.78, 5) is 40.2. The van der Waals surface area contributed by atoms with E-state index in [1.54, 1.807) is 12.0 Å². The number of benzene rings is 2. The van der Waals surface area contributed by atoms with E-state index >= 15 is 0 Å². The molecule has 0 spiro atoms. The number of aryl methyl sites for hydroxylation is 1. The number of amides is 3. The topological polar surface area (TPSA) is 87.7 Å². The van der Waals surface area contributed by atoms with Crippen LogP contribution in [0.1, 0.15) is 39.1 Å². The molecule has 7 nitrogen and oxygen atoms in total. The van der Waals surface area contributed by atoms with Gasteiger partial charge in [-0.05, 0) is 62.1 Å². The number of rotatable bonds is 8. The summed E-state index contributed by atoms with van der Waals surface area (Å²) in [5.41, 5.74) is 2.00. The summed E-state index contributed by atoms with van der Waals surface area (Å²) in [6, 6.07) is 11.9. The molecule has 2 aromatic rings. The SMILES string of the molecule is COCCNC(=O)[C@@H](NC(=O)c1ccc(F)cc1)C1CCN(C(=O)c2ccc(C)cc2)CC1. The molecule has 1 saturated heterocycles.